The van der Waals surface area contributed by atoms with Crippen molar-refractivity contribution < 1.29 is 18.7 Å². The number of rotatable bonds is 5. The average molecular weight is 344 g/mol. The fourth-order valence-corrected chi connectivity index (χ4v) is 2.79. The molecule has 1 aliphatic rings. The molecule has 0 spiro atoms. The first kappa shape index (κ1) is 18.7. The Balaban J connectivity index is 2.63. The molecule has 2 rings (SSSR count). The Morgan fingerprint density at radius 3 is 2.52 bits per heavy atom. The van der Waals surface area contributed by atoms with E-state index in [-0.39, 0.29) is 18.5 Å². The van der Waals surface area contributed by atoms with Gasteiger partial charge in [-0.15, -0.1) is 0 Å². The zero-order chi connectivity index (χ0) is 18.6. The average Bonchev–Trinajstić information content (AvgIpc) is 2.54. The van der Waals surface area contributed by atoms with Crippen molar-refractivity contribution in [1.29, 1.82) is 0 Å². The van der Waals surface area contributed by atoms with Crippen LogP contribution in [0.2, 0.25) is 0 Å². The lowest BCUT2D eigenvalue weighted by Crippen LogP contribution is -2.32. The highest BCUT2D eigenvalue weighted by molar-refractivity contribution is 5.93. The molecule has 0 aromatic heterocycles. The molecule has 1 aromatic rings. The number of nitrogens with one attached hydrogen (secondary N) is 1. The van der Waals surface area contributed by atoms with Gasteiger partial charge in [0.25, 0.3) is 0 Å². The topological polar surface area (TPSA) is 51.9 Å². The largest absolute Gasteiger partial charge is 0.460 e. The van der Waals surface area contributed by atoms with E-state index in [1.54, 1.807) is 32.9 Å². The lowest BCUT2D eigenvalue weighted by atomic mass is 9.84. The molecular formula is C19H21FN2O3. The Morgan fingerprint density at radius 1 is 1.36 bits per heavy atom. The number of nitrogens with zero attached hydrogens (tertiary/aromatic N) is 1. The van der Waals surface area contributed by atoms with Crippen molar-refractivity contribution in [3.05, 3.63) is 69.7 Å². The van der Waals surface area contributed by atoms with Crippen LogP contribution in [0.5, 0.6) is 0 Å². The molecule has 1 unspecified atom stereocenters. The van der Waals surface area contributed by atoms with Crippen LogP contribution in [0, 0.1) is 12.4 Å². The number of halogens is 1. The Labute approximate surface area is 146 Å². The maximum absolute atomic E-state index is 13.3. The van der Waals surface area contributed by atoms with Gasteiger partial charge in [-0.1, -0.05) is 12.1 Å². The standard InChI is InChI=1S/C19H21FN2O3/c1-11(2)25-19(23)17-15(10-24-5)22-12(3)18(21-4)16(17)13-6-8-14(20)9-7-13/h6-9,11,16,22H,10H2,1-3,5H3. The van der Waals surface area contributed by atoms with Crippen molar-refractivity contribution in [2.24, 2.45) is 0 Å². The number of hydrogen-bond donors (Lipinski definition) is 1. The molecule has 0 saturated heterocycles. The van der Waals surface area contributed by atoms with Gasteiger partial charge in [-0.25, -0.2) is 14.0 Å². The highest BCUT2D eigenvalue weighted by Gasteiger charge is 2.36. The van der Waals surface area contributed by atoms with E-state index in [1.807, 2.05) is 0 Å². The molecule has 1 aliphatic heterocycles. The number of methoxy groups -OCH3 is 1. The van der Waals surface area contributed by atoms with Crippen molar-refractivity contribution in [2.45, 2.75) is 32.8 Å². The van der Waals surface area contributed by atoms with Crippen LogP contribution in [0.15, 0.2) is 46.9 Å². The van der Waals surface area contributed by atoms with Crippen LogP contribution in [-0.2, 0) is 14.3 Å². The fourth-order valence-electron chi connectivity index (χ4n) is 2.79. The molecule has 1 heterocycles. The molecule has 0 fully saturated rings. The second-order valence-corrected chi connectivity index (χ2v) is 6.01. The second-order valence-electron chi connectivity index (χ2n) is 6.01. The molecule has 0 bridgehead atoms. The molecule has 1 aromatic carbocycles. The lowest BCUT2D eigenvalue weighted by Gasteiger charge is -2.30. The first-order valence-corrected chi connectivity index (χ1v) is 7.92. The van der Waals surface area contributed by atoms with Crippen LogP contribution < -0.4 is 5.32 Å². The fraction of sp³-hybridized carbons (Fsp3) is 0.368. The zero-order valence-corrected chi connectivity index (χ0v) is 14.7. The second kappa shape index (κ2) is 7.95. The number of allylic oxidation sites excluding steroid dienone is 2. The Morgan fingerprint density at radius 2 is 2.00 bits per heavy atom. The normalized spacial score (nSPS) is 17.4. The van der Waals surface area contributed by atoms with Crippen molar-refractivity contribution in [3.8, 4) is 0 Å². The summed E-state index contributed by atoms with van der Waals surface area (Å²) in [5.41, 5.74) is 2.53. The first-order chi connectivity index (χ1) is 11.9. The number of hydrogen-bond acceptors (Lipinski definition) is 4. The quantitative estimate of drug-likeness (QED) is 0.656. The molecule has 132 valence electrons. The summed E-state index contributed by atoms with van der Waals surface area (Å²) in [4.78, 5) is 16.3. The van der Waals surface area contributed by atoms with Crippen molar-refractivity contribution in [1.82, 2.24) is 5.32 Å². The highest BCUT2D eigenvalue weighted by Crippen LogP contribution is 2.39. The maximum Gasteiger partial charge on any atom is 0.335 e. The van der Waals surface area contributed by atoms with E-state index in [9.17, 15) is 9.18 Å². The van der Waals surface area contributed by atoms with Crippen molar-refractivity contribution in [3.63, 3.8) is 0 Å². The minimum atomic E-state index is -0.629. The first-order valence-electron chi connectivity index (χ1n) is 7.92. The van der Waals surface area contributed by atoms with Crippen LogP contribution in [0.4, 0.5) is 4.39 Å². The van der Waals surface area contributed by atoms with Crippen LogP contribution in [0.1, 0.15) is 32.3 Å². The highest BCUT2D eigenvalue weighted by atomic mass is 19.1. The van der Waals surface area contributed by atoms with Gasteiger partial charge < -0.3 is 14.8 Å². The SMILES string of the molecule is [C-]#[N+]C1=C(C)NC(COC)=C(C(=O)OC(C)C)C1c1ccc(F)cc1. The molecule has 0 amide bonds. The molecule has 0 radical (unpaired) electrons. The van der Waals surface area contributed by atoms with E-state index in [0.717, 1.165) is 0 Å². The van der Waals surface area contributed by atoms with Crippen LogP contribution >= 0.6 is 0 Å². The third kappa shape index (κ3) is 4.06. The molecule has 5 nitrogen and oxygen atoms in total. The van der Waals surface area contributed by atoms with E-state index in [0.29, 0.717) is 28.2 Å². The van der Waals surface area contributed by atoms with Gasteiger partial charge in [0.2, 0.25) is 0 Å². The van der Waals surface area contributed by atoms with Gasteiger partial charge >= 0.3 is 5.97 Å². The summed E-state index contributed by atoms with van der Waals surface area (Å²) < 4.78 is 23.9. The van der Waals surface area contributed by atoms with Gasteiger partial charge in [0.1, 0.15) is 5.82 Å². The number of benzene rings is 1. The predicted octanol–water partition coefficient (Wildman–Crippen LogP) is 3.52. The summed E-state index contributed by atoms with van der Waals surface area (Å²) in [5, 5.41) is 3.08. The smallest absolute Gasteiger partial charge is 0.335 e. The van der Waals surface area contributed by atoms with Gasteiger partial charge in [-0.05, 0) is 38.5 Å². The van der Waals surface area contributed by atoms with E-state index in [4.69, 9.17) is 16.0 Å². The summed E-state index contributed by atoms with van der Waals surface area (Å²) in [6.07, 6.45) is -0.305. The molecule has 0 saturated carbocycles. The Kier molecular flexibility index (Phi) is 5.94. The zero-order valence-electron chi connectivity index (χ0n) is 14.7. The van der Waals surface area contributed by atoms with E-state index in [1.165, 1.54) is 19.2 Å². The summed E-state index contributed by atoms with van der Waals surface area (Å²) in [7, 11) is 1.52. The van der Waals surface area contributed by atoms with E-state index < -0.39 is 11.9 Å². The minimum Gasteiger partial charge on any atom is -0.460 e. The third-order valence-corrected chi connectivity index (χ3v) is 3.78. The Bertz CT molecular complexity index is 758. The molecule has 6 heteroatoms. The van der Waals surface area contributed by atoms with Gasteiger partial charge in [-0.3, -0.25) is 0 Å². The van der Waals surface area contributed by atoms with Gasteiger partial charge in [-0.2, -0.15) is 0 Å². The van der Waals surface area contributed by atoms with Crippen LogP contribution in [-0.4, -0.2) is 25.8 Å². The molecule has 0 aliphatic carbocycles. The summed E-state index contributed by atoms with van der Waals surface area (Å²) in [6.45, 7) is 13.0. The van der Waals surface area contributed by atoms with Crippen LogP contribution in [0.3, 0.4) is 0 Å². The molecule has 1 N–H and O–H groups in total. The molecule has 25 heavy (non-hydrogen) atoms. The van der Waals surface area contributed by atoms with Crippen LogP contribution in [0.25, 0.3) is 4.85 Å². The molecule has 1 atom stereocenters. The van der Waals surface area contributed by atoms with E-state index >= 15 is 0 Å². The van der Waals surface area contributed by atoms with Gasteiger partial charge in [0.05, 0.1) is 36.5 Å². The maximum atomic E-state index is 13.3. The third-order valence-electron chi connectivity index (χ3n) is 3.78. The summed E-state index contributed by atoms with van der Waals surface area (Å²) >= 11 is 0. The number of esters is 1. The monoisotopic (exact) mass is 344 g/mol. The molecular weight excluding hydrogens is 323 g/mol. The number of carbonyl (C=O) groups excluding carboxylic acids is 1. The van der Waals surface area contributed by atoms with E-state index in [2.05, 4.69) is 10.2 Å². The van der Waals surface area contributed by atoms with Crippen molar-refractivity contribution in [2.75, 3.05) is 13.7 Å². The number of ether oxygens (including phenoxy) is 2. The summed E-state index contributed by atoms with van der Waals surface area (Å²) in [5.74, 6) is -1.52. The van der Waals surface area contributed by atoms with Gasteiger partial charge in [0.15, 0.2) is 5.70 Å². The number of carbonyl (C=O) groups is 1. The summed E-state index contributed by atoms with van der Waals surface area (Å²) in [6, 6.07) is 5.79. The van der Waals surface area contributed by atoms with Gasteiger partial charge in [0, 0.05) is 12.8 Å². The predicted molar refractivity (Wildman–Crippen MR) is 91.7 cm³/mol. The lowest BCUT2D eigenvalue weighted by molar-refractivity contribution is -0.143. The minimum absolute atomic E-state index is 0.169. The Hall–Kier alpha value is -2.65. The van der Waals surface area contributed by atoms with Crippen molar-refractivity contribution >= 4 is 5.97 Å². The number of dihydropyridines is 1.